The fraction of sp³-hybridized carbons (Fsp3) is 0.467. The molecule has 1 aromatic heterocycles. The summed E-state index contributed by atoms with van der Waals surface area (Å²) in [6, 6.07) is 16.3. The van der Waals surface area contributed by atoms with E-state index in [1.54, 1.807) is 0 Å². The van der Waals surface area contributed by atoms with Gasteiger partial charge in [-0.15, -0.1) is 0 Å². The Morgan fingerprint density at radius 2 is 1.61 bits per heavy atom. The molecular formula is C30H39N3O3. The van der Waals surface area contributed by atoms with E-state index in [2.05, 4.69) is 36.6 Å². The van der Waals surface area contributed by atoms with Crippen LogP contribution in [0.3, 0.4) is 0 Å². The van der Waals surface area contributed by atoms with E-state index in [4.69, 9.17) is 4.74 Å². The van der Waals surface area contributed by atoms with Crippen LogP contribution in [-0.4, -0.2) is 65.6 Å². The molecule has 0 saturated carbocycles. The van der Waals surface area contributed by atoms with Crippen molar-refractivity contribution in [2.75, 3.05) is 39.4 Å². The maximum atomic E-state index is 13.2. The van der Waals surface area contributed by atoms with E-state index in [0.717, 1.165) is 73.8 Å². The molecule has 2 amide bonds. The van der Waals surface area contributed by atoms with Gasteiger partial charge in [-0.3, -0.25) is 9.59 Å². The number of nitrogens with zero attached hydrogens (tertiary/aromatic N) is 3. The molecule has 0 spiro atoms. The number of benzene rings is 2. The number of aryl methyl sites for hydroxylation is 2. The molecule has 1 fully saturated rings. The van der Waals surface area contributed by atoms with Crippen LogP contribution in [0.5, 0.6) is 0 Å². The number of para-hydroxylation sites is 1. The van der Waals surface area contributed by atoms with Gasteiger partial charge in [0.2, 0.25) is 0 Å². The third-order valence-electron chi connectivity index (χ3n) is 6.91. The number of amides is 2. The van der Waals surface area contributed by atoms with E-state index < -0.39 is 0 Å². The van der Waals surface area contributed by atoms with Crippen LogP contribution in [0.25, 0.3) is 10.9 Å². The topological polar surface area (TPSA) is 54.8 Å². The highest BCUT2D eigenvalue weighted by atomic mass is 16.5. The lowest BCUT2D eigenvalue weighted by Crippen LogP contribution is -2.40. The summed E-state index contributed by atoms with van der Waals surface area (Å²) in [5, 5.41) is 1.02. The van der Waals surface area contributed by atoms with Gasteiger partial charge in [-0.05, 0) is 55.9 Å². The first kappa shape index (κ1) is 26.0. The van der Waals surface area contributed by atoms with Gasteiger partial charge in [0, 0.05) is 55.4 Å². The number of ether oxygens (including phenoxy) is 1. The molecule has 192 valence electrons. The van der Waals surface area contributed by atoms with Gasteiger partial charge in [0.1, 0.15) is 0 Å². The van der Waals surface area contributed by atoms with Crippen molar-refractivity contribution in [2.45, 2.75) is 52.5 Å². The van der Waals surface area contributed by atoms with Gasteiger partial charge in [-0.1, -0.05) is 44.2 Å². The van der Waals surface area contributed by atoms with Gasteiger partial charge in [-0.2, -0.15) is 0 Å². The van der Waals surface area contributed by atoms with Gasteiger partial charge in [0.05, 0.1) is 18.8 Å². The van der Waals surface area contributed by atoms with Crippen molar-refractivity contribution in [1.82, 2.24) is 14.4 Å². The molecule has 0 atom stereocenters. The van der Waals surface area contributed by atoms with Crippen LogP contribution in [-0.2, 0) is 17.7 Å². The number of fused-ring (bicyclic) bond motifs is 1. The zero-order chi connectivity index (χ0) is 25.3. The Labute approximate surface area is 214 Å². The Kier molecular flexibility index (Phi) is 9.17. The standard InChI is InChI=1S/C30H39N3O3/c1-3-16-31(17-4-2)29(34)25-14-12-24(13-15-25)9-7-8-18-33-23-27(26-10-5-6-11-28(26)33)30(35)32-19-21-36-22-20-32/h5-6,10-15,23H,3-4,7-9,16-22H2,1-2H3. The Hall–Kier alpha value is -3.12. The van der Waals surface area contributed by atoms with Crippen LogP contribution in [0, 0.1) is 0 Å². The van der Waals surface area contributed by atoms with Crippen molar-refractivity contribution < 1.29 is 14.3 Å². The summed E-state index contributed by atoms with van der Waals surface area (Å²) < 4.78 is 7.63. The van der Waals surface area contributed by atoms with E-state index in [9.17, 15) is 9.59 Å². The molecular weight excluding hydrogens is 450 g/mol. The smallest absolute Gasteiger partial charge is 0.256 e. The van der Waals surface area contributed by atoms with Crippen LogP contribution >= 0.6 is 0 Å². The lowest BCUT2D eigenvalue weighted by molar-refractivity contribution is 0.0304. The molecule has 2 heterocycles. The number of carbonyl (C=O) groups is 2. The average Bonchev–Trinajstić information content (AvgIpc) is 3.29. The zero-order valence-corrected chi connectivity index (χ0v) is 21.7. The number of rotatable bonds is 11. The van der Waals surface area contributed by atoms with Crippen molar-refractivity contribution >= 4 is 22.7 Å². The second kappa shape index (κ2) is 12.7. The quantitative estimate of drug-likeness (QED) is 0.339. The average molecular weight is 490 g/mol. The molecule has 0 aliphatic carbocycles. The normalized spacial score (nSPS) is 13.8. The summed E-state index contributed by atoms with van der Waals surface area (Å²) >= 11 is 0. The molecule has 0 unspecified atom stereocenters. The molecule has 4 rings (SSSR count). The minimum absolute atomic E-state index is 0.0966. The SMILES string of the molecule is CCCN(CCC)C(=O)c1ccc(CCCCn2cc(C(=O)N3CCOCC3)c3ccccc32)cc1. The van der Waals surface area contributed by atoms with Crippen LogP contribution in [0.2, 0.25) is 0 Å². The fourth-order valence-corrected chi connectivity index (χ4v) is 5.00. The number of hydrogen-bond donors (Lipinski definition) is 0. The molecule has 6 nitrogen and oxygen atoms in total. The van der Waals surface area contributed by atoms with E-state index in [1.165, 1.54) is 5.56 Å². The third-order valence-corrected chi connectivity index (χ3v) is 6.91. The second-order valence-electron chi connectivity index (χ2n) is 9.60. The van der Waals surface area contributed by atoms with Gasteiger partial charge < -0.3 is 19.1 Å². The highest BCUT2D eigenvalue weighted by Crippen LogP contribution is 2.24. The molecule has 3 aromatic rings. The van der Waals surface area contributed by atoms with Crippen molar-refractivity contribution in [3.05, 3.63) is 71.4 Å². The molecule has 0 N–H and O–H groups in total. The number of hydrogen-bond acceptors (Lipinski definition) is 3. The van der Waals surface area contributed by atoms with Crippen LogP contribution in [0.1, 0.15) is 65.8 Å². The van der Waals surface area contributed by atoms with Crippen LogP contribution < -0.4 is 0 Å². The minimum Gasteiger partial charge on any atom is -0.378 e. The molecule has 6 heteroatoms. The summed E-state index contributed by atoms with van der Waals surface area (Å²) in [6.07, 6.45) is 7.02. The Bertz CT molecular complexity index is 1140. The lowest BCUT2D eigenvalue weighted by atomic mass is 10.1. The van der Waals surface area contributed by atoms with Crippen molar-refractivity contribution in [3.63, 3.8) is 0 Å². The van der Waals surface area contributed by atoms with Crippen LogP contribution in [0.4, 0.5) is 0 Å². The monoisotopic (exact) mass is 489 g/mol. The first-order valence-electron chi connectivity index (χ1n) is 13.5. The Morgan fingerprint density at radius 3 is 2.31 bits per heavy atom. The van der Waals surface area contributed by atoms with Crippen LogP contribution in [0.15, 0.2) is 54.7 Å². The zero-order valence-electron chi connectivity index (χ0n) is 21.7. The van der Waals surface area contributed by atoms with Crippen molar-refractivity contribution in [2.24, 2.45) is 0 Å². The van der Waals surface area contributed by atoms with Crippen molar-refractivity contribution in [3.8, 4) is 0 Å². The molecule has 0 radical (unpaired) electrons. The molecule has 2 aromatic carbocycles. The summed E-state index contributed by atoms with van der Waals surface area (Å²) in [5.74, 6) is 0.228. The first-order chi connectivity index (χ1) is 17.6. The molecule has 1 aliphatic rings. The molecule has 1 aliphatic heterocycles. The molecule has 0 bridgehead atoms. The fourth-order valence-electron chi connectivity index (χ4n) is 5.00. The number of aromatic nitrogens is 1. The minimum atomic E-state index is 0.0966. The number of unbranched alkanes of at least 4 members (excludes halogenated alkanes) is 1. The highest BCUT2D eigenvalue weighted by Gasteiger charge is 2.22. The first-order valence-corrected chi connectivity index (χ1v) is 13.5. The summed E-state index contributed by atoms with van der Waals surface area (Å²) in [7, 11) is 0. The van der Waals surface area contributed by atoms with Gasteiger partial charge in [0.15, 0.2) is 0 Å². The molecule has 1 saturated heterocycles. The summed E-state index contributed by atoms with van der Waals surface area (Å²) in [5.41, 5.74) is 3.93. The largest absolute Gasteiger partial charge is 0.378 e. The van der Waals surface area contributed by atoms with Gasteiger partial charge in [-0.25, -0.2) is 0 Å². The second-order valence-corrected chi connectivity index (χ2v) is 9.60. The number of carbonyl (C=O) groups excluding carboxylic acids is 2. The molecule has 36 heavy (non-hydrogen) atoms. The predicted octanol–water partition coefficient (Wildman–Crippen LogP) is 5.40. The summed E-state index contributed by atoms with van der Waals surface area (Å²) in [6.45, 7) is 9.22. The highest BCUT2D eigenvalue weighted by molar-refractivity contribution is 6.07. The Balaban J connectivity index is 1.34. The Morgan fingerprint density at radius 1 is 0.917 bits per heavy atom. The van der Waals surface area contributed by atoms with Gasteiger partial charge in [0.25, 0.3) is 11.8 Å². The third kappa shape index (κ3) is 6.16. The van der Waals surface area contributed by atoms with Gasteiger partial charge >= 0.3 is 0 Å². The number of morpholine rings is 1. The summed E-state index contributed by atoms with van der Waals surface area (Å²) in [4.78, 5) is 29.8. The van der Waals surface area contributed by atoms with Crippen molar-refractivity contribution in [1.29, 1.82) is 0 Å². The lowest BCUT2D eigenvalue weighted by Gasteiger charge is -2.26. The van der Waals surface area contributed by atoms with E-state index in [1.807, 2.05) is 46.3 Å². The predicted molar refractivity (Wildman–Crippen MR) is 145 cm³/mol. The maximum absolute atomic E-state index is 13.2. The van der Waals surface area contributed by atoms with E-state index in [0.29, 0.717) is 26.3 Å². The van der Waals surface area contributed by atoms with E-state index in [-0.39, 0.29) is 11.8 Å². The maximum Gasteiger partial charge on any atom is 0.256 e. The van der Waals surface area contributed by atoms with E-state index >= 15 is 0 Å².